The van der Waals surface area contributed by atoms with Crippen LogP contribution in [-0.2, 0) is 17.8 Å². The Morgan fingerprint density at radius 3 is 2.86 bits per heavy atom. The molecule has 0 aliphatic rings. The van der Waals surface area contributed by atoms with E-state index in [9.17, 15) is 0 Å². The van der Waals surface area contributed by atoms with E-state index in [4.69, 9.17) is 4.74 Å². The average Bonchev–Trinajstić information content (AvgIpc) is 2.48. The van der Waals surface area contributed by atoms with E-state index in [-0.39, 0.29) is 0 Å². The third-order valence-electron chi connectivity index (χ3n) is 3.27. The van der Waals surface area contributed by atoms with Gasteiger partial charge in [0, 0.05) is 37.8 Å². The fourth-order valence-electron chi connectivity index (χ4n) is 2.12. The smallest absolute Gasteiger partial charge is 0.0589 e. The molecule has 1 aromatic rings. The predicted octanol–water partition coefficient (Wildman–Crippen LogP) is 3.58. The van der Waals surface area contributed by atoms with E-state index < -0.39 is 0 Å². The minimum atomic E-state index is 0.741. The van der Waals surface area contributed by atoms with E-state index in [1.54, 1.807) is 7.11 Å². The van der Waals surface area contributed by atoms with Crippen LogP contribution in [0.25, 0.3) is 0 Å². The van der Waals surface area contributed by atoms with Gasteiger partial charge in [-0.2, -0.15) is 0 Å². The Balaban J connectivity index is 2.62. The maximum Gasteiger partial charge on any atom is 0.0589 e. The van der Waals surface area contributed by atoms with Crippen LogP contribution in [0.15, 0.2) is 35.3 Å². The first-order valence-electron chi connectivity index (χ1n) is 7.51. The summed E-state index contributed by atoms with van der Waals surface area (Å²) >= 11 is 3.69. The van der Waals surface area contributed by atoms with Crippen molar-refractivity contribution >= 4 is 15.9 Å². The first kappa shape index (κ1) is 18.4. The van der Waals surface area contributed by atoms with Gasteiger partial charge in [-0.1, -0.05) is 41.1 Å². The standard InChI is InChI=1S/C17H27BrN2O/c1-4-8-19-13-15-6-7-16(17(18)12-15)14-20(9-5-2)10-11-21-3/h5-7,12,19H,2,4,8-11,13-14H2,1,3H3. The number of rotatable bonds is 11. The van der Waals surface area contributed by atoms with Crippen molar-refractivity contribution in [1.82, 2.24) is 10.2 Å². The molecule has 0 aliphatic carbocycles. The number of ether oxygens (including phenoxy) is 1. The summed E-state index contributed by atoms with van der Waals surface area (Å²) < 4.78 is 6.34. The van der Waals surface area contributed by atoms with Gasteiger partial charge in [-0.3, -0.25) is 4.90 Å². The zero-order valence-electron chi connectivity index (χ0n) is 13.2. The van der Waals surface area contributed by atoms with E-state index in [0.717, 1.165) is 45.8 Å². The molecule has 0 unspecified atom stereocenters. The van der Waals surface area contributed by atoms with E-state index in [0.29, 0.717) is 0 Å². The van der Waals surface area contributed by atoms with Crippen LogP contribution in [0.4, 0.5) is 0 Å². The maximum absolute atomic E-state index is 5.16. The van der Waals surface area contributed by atoms with Crippen LogP contribution < -0.4 is 5.32 Å². The average molecular weight is 355 g/mol. The first-order chi connectivity index (χ1) is 10.2. The number of nitrogens with one attached hydrogen (secondary N) is 1. The summed E-state index contributed by atoms with van der Waals surface area (Å²) in [5.74, 6) is 0. The Hall–Kier alpha value is -0.680. The largest absolute Gasteiger partial charge is 0.383 e. The van der Waals surface area contributed by atoms with Crippen LogP contribution in [0.2, 0.25) is 0 Å². The van der Waals surface area contributed by atoms with Crippen molar-refractivity contribution in [3.63, 3.8) is 0 Å². The first-order valence-corrected chi connectivity index (χ1v) is 8.30. The van der Waals surface area contributed by atoms with Gasteiger partial charge in [0.05, 0.1) is 6.61 Å². The Kier molecular flexibility index (Phi) is 9.59. The lowest BCUT2D eigenvalue weighted by Crippen LogP contribution is -2.27. The number of hydrogen-bond acceptors (Lipinski definition) is 3. The third kappa shape index (κ3) is 7.23. The third-order valence-corrected chi connectivity index (χ3v) is 4.00. The summed E-state index contributed by atoms with van der Waals surface area (Å²) in [7, 11) is 1.74. The summed E-state index contributed by atoms with van der Waals surface area (Å²) in [4.78, 5) is 2.32. The fraction of sp³-hybridized carbons (Fsp3) is 0.529. The molecule has 1 aromatic carbocycles. The zero-order chi connectivity index (χ0) is 15.5. The lowest BCUT2D eigenvalue weighted by atomic mass is 10.1. The fourth-order valence-corrected chi connectivity index (χ4v) is 2.67. The molecule has 0 radical (unpaired) electrons. The van der Waals surface area contributed by atoms with Gasteiger partial charge in [0.2, 0.25) is 0 Å². The SMILES string of the molecule is C=CCN(CCOC)Cc1ccc(CNCCC)cc1Br. The molecule has 0 bridgehead atoms. The summed E-state index contributed by atoms with van der Waals surface area (Å²) in [6, 6.07) is 6.61. The molecule has 0 atom stereocenters. The van der Waals surface area contributed by atoms with Crippen LogP contribution in [-0.4, -0.2) is 38.3 Å². The van der Waals surface area contributed by atoms with Crippen molar-refractivity contribution in [2.24, 2.45) is 0 Å². The Morgan fingerprint density at radius 1 is 1.43 bits per heavy atom. The molecule has 3 nitrogen and oxygen atoms in total. The van der Waals surface area contributed by atoms with E-state index in [1.807, 2.05) is 6.08 Å². The molecule has 0 saturated heterocycles. The molecule has 21 heavy (non-hydrogen) atoms. The van der Waals surface area contributed by atoms with Gasteiger partial charge in [-0.15, -0.1) is 6.58 Å². The zero-order valence-corrected chi connectivity index (χ0v) is 14.8. The molecule has 0 heterocycles. The number of benzene rings is 1. The van der Waals surface area contributed by atoms with Crippen molar-refractivity contribution < 1.29 is 4.74 Å². The van der Waals surface area contributed by atoms with Crippen LogP contribution in [0.3, 0.4) is 0 Å². The normalized spacial score (nSPS) is 11.0. The second kappa shape index (κ2) is 11.0. The molecule has 1 N–H and O–H groups in total. The molecule has 0 saturated carbocycles. The predicted molar refractivity (Wildman–Crippen MR) is 93.5 cm³/mol. The topological polar surface area (TPSA) is 24.5 Å². The molecule has 0 aliphatic heterocycles. The van der Waals surface area contributed by atoms with Crippen molar-refractivity contribution in [2.75, 3.05) is 33.4 Å². The minimum Gasteiger partial charge on any atom is -0.383 e. The van der Waals surface area contributed by atoms with E-state index in [1.165, 1.54) is 15.6 Å². The molecule has 118 valence electrons. The molecular formula is C17H27BrN2O. The Morgan fingerprint density at radius 2 is 2.24 bits per heavy atom. The van der Waals surface area contributed by atoms with Gasteiger partial charge >= 0.3 is 0 Å². The van der Waals surface area contributed by atoms with Gasteiger partial charge in [0.15, 0.2) is 0 Å². The molecule has 0 spiro atoms. The van der Waals surface area contributed by atoms with Crippen LogP contribution in [0.5, 0.6) is 0 Å². The highest BCUT2D eigenvalue weighted by Gasteiger charge is 2.08. The minimum absolute atomic E-state index is 0.741. The van der Waals surface area contributed by atoms with Gasteiger partial charge in [-0.05, 0) is 30.2 Å². The maximum atomic E-state index is 5.16. The van der Waals surface area contributed by atoms with Crippen LogP contribution >= 0.6 is 15.9 Å². The van der Waals surface area contributed by atoms with Gasteiger partial charge in [-0.25, -0.2) is 0 Å². The summed E-state index contributed by atoms with van der Waals surface area (Å²) in [6.07, 6.45) is 3.10. The summed E-state index contributed by atoms with van der Waals surface area (Å²) in [6.45, 7) is 11.4. The van der Waals surface area contributed by atoms with Crippen molar-refractivity contribution in [2.45, 2.75) is 26.4 Å². The highest BCUT2D eigenvalue weighted by molar-refractivity contribution is 9.10. The number of hydrogen-bond donors (Lipinski definition) is 1. The van der Waals surface area contributed by atoms with Gasteiger partial charge in [0.1, 0.15) is 0 Å². The Labute approximate surface area is 137 Å². The number of nitrogens with zero attached hydrogens (tertiary/aromatic N) is 1. The summed E-state index contributed by atoms with van der Waals surface area (Å²) in [5.41, 5.74) is 2.61. The number of methoxy groups -OCH3 is 1. The molecule has 0 amide bonds. The molecule has 0 aromatic heterocycles. The monoisotopic (exact) mass is 354 g/mol. The van der Waals surface area contributed by atoms with Gasteiger partial charge in [0.25, 0.3) is 0 Å². The van der Waals surface area contributed by atoms with Crippen molar-refractivity contribution in [1.29, 1.82) is 0 Å². The Bertz CT molecular complexity index is 423. The quantitative estimate of drug-likeness (QED) is 0.485. The molecule has 0 fully saturated rings. The lowest BCUT2D eigenvalue weighted by molar-refractivity contribution is 0.151. The summed E-state index contributed by atoms with van der Waals surface area (Å²) in [5, 5.41) is 3.43. The van der Waals surface area contributed by atoms with Crippen molar-refractivity contribution in [3.05, 3.63) is 46.5 Å². The lowest BCUT2D eigenvalue weighted by Gasteiger charge is -2.21. The van der Waals surface area contributed by atoms with Crippen molar-refractivity contribution in [3.8, 4) is 0 Å². The second-order valence-corrected chi connectivity index (χ2v) is 5.97. The van der Waals surface area contributed by atoms with Crippen LogP contribution in [0.1, 0.15) is 24.5 Å². The molecule has 1 rings (SSSR count). The highest BCUT2D eigenvalue weighted by atomic mass is 79.9. The second-order valence-electron chi connectivity index (χ2n) is 5.12. The molecule has 4 heteroatoms. The molecular weight excluding hydrogens is 328 g/mol. The number of halogens is 1. The van der Waals surface area contributed by atoms with E-state index in [2.05, 4.69) is 57.8 Å². The van der Waals surface area contributed by atoms with Crippen LogP contribution in [0, 0.1) is 0 Å². The highest BCUT2D eigenvalue weighted by Crippen LogP contribution is 2.20. The van der Waals surface area contributed by atoms with Gasteiger partial charge < -0.3 is 10.1 Å². The van der Waals surface area contributed by atoms with E-state index >= 15 is 0 Å².